The zero-order chi connectivity index (χ0) is 14.5. The van der Waals surface area contributed by atoms with Crippen molar-refractivity contribution >= 4 is 11.6 Å². The second-order valence-corrected chi connectivity index (χ2v) is 4.36. The van der Waals surface area contributed by atoms with Crippen LogP contribution in [0.5, 0.6) is 5.75 Å². The second-order valence-electron chi connectivity index (χ2n) is 4.36. The van der Waals surface area contributed by atoms with Crippen LogP contribution >= 0.6 is 0 Å². The Labute approximate surface area is 116 Å². The summed E-state index contributed by atoms with van der Waals surface area (Å²) in [7, 11) is 0. The van der Waals surface area contributed by atoms with Crippen LogP contribution in [-0.4, -0.2) is 22.7 Å². The number of phenolic OH excluding ortho intramolecular Hbond substituents is 1. The maximum Gasteiger partial charge on any atom is 0.255 e. The summed E-state index contributed by atoms with van der Waals surface area (Å²) in [5.41, 5.74) is 6.56. The second kappa shape index (κ2) is 6.08. The van der Waals surface area contributed by atoms with Crippen molar-refractivity contribution < 1.29 is 15.0 Å². The number of benzene rings is 2. The number of aromatic hydroxyl groups is 1. The van der Waals surface area contributed by atoms with Crippen molar-refractivity contribution in [1.29, 1.82) is 0 Å². The van der Waals surface area contributed by atoms with Gasteiger partial charge in [-0.25, -0.2) is 0 Å². The highest BCUT2D eigenvalue weighted by Gasteiger charge is 2.18. The number of carbonyl (C=O) groups is 1. The third-order valence-electron chi connectivity index (χ3n) is 3.00. The molecular weight excluding hydrogens is 256 g/mol. The number of hydrogen-bond acceptors (Lipinski definition) is 4. The molecule has 0 aliphatic carbocycles. The van der Waals surface area contributed by atoms with E-state index in [0.717, 1.165) is 5.56 Å². The third kappa shape index (κ3) is 2.89. The van der Waals surface area contributed by atoms with Gasteiger partial charge in [-0.15, -0.1) is 0 Å². The van der Waals surface area contributed by atoms with Gasteiger partial charge in [0.15, 0.2) is 5.75 Å². The van der Waals surface area contributed by atoms with Crippen LogP contribution < -0.4 is 11.1 Å². The SMILES string of the molecule is Nc1cccc(C(=O)NC(CO)c2ccccc2)c1O. The minimum atomic E-state index is -0.537. The maximum atomic E-state index is 12.1. The Hall–Kier alpha value is -2.53. The average molecular weight is 272 g/mol. The smallest absolute Gasteiger partial charge is 0.255 e. The predicted octanol–water partition coefficient (Wildman–Crippen LogP) is 1.44. The molecule has 0 bridgehead atoms. The minimum Gasteiger partial charge on any atom is -0.505 e. The molecule has 104 valence electrons. The highest BCUT2D eigenvalue weighted by molar-refractivity contribution is 5.98. The van der Waals surface area contributed by atoms with E-state index in [-0.39, 0.29) is 23.6 Å². The summed E-state index contributed by atoms with van der Waals surface area (Å²) in [6, 6.07) is 13.1. The summed E-state index contributed by atoms with van der Waals surface area (Å²) >= 11 is 0. The Balaban J connectivity index is 2.20. The molecule has 2 aromatic carbocycles. The molecule has 5 N–H and O–H groups in total. The predicted molar refractivity (Wildman–Crippen MR) is 76.3 cm³/mol. The molecule has 20 heavy (non-hydrogen) atoms. The fraction of sp³-hybridized carbons (Fsp3) is 0.133. The van der Waals surface area contributed by atoms with Crippen molar-refractivity contribution in [3.8, 4) is 5.75 Å². The third-order valence-corrected chi connectivity index (χ3v) is 3.00. The molecule has 0 aliphatic rings. The summed E-state index contributed by atoms with van der Waals surface area (Å²) in [4.78, 5) is 12.1. The van der Waals surface area contributed by atoms with Gasteiger partial charge in [-0.2, -0.15) is 0 Å². The molecule has 0 aliphatic heterocycles. The van der Waals surface area contributed by atoms with E-state index in [1.54, 1.807) is 18.2 Å². The molecule has 1 amide bonds. The molecule has 0 heterocycles. The normalized spacial score (nSPS) is 11.8. The van der Waals surface area contributed by atoms with Gasteiger partial charge in [0.05, 0.1) is 23.9 Å². The number of aliphatic hydroxyl groups excluding tert-OH is 1. The van der Waals surface area contributed by atoms with E-state index < -0.39 is 11.9 Å². The van der Waals surface area contributed by atoms with E-state index in [0.29, 0.717) is 0 Å². The van der Waals surface area contributed by atoms with Crippen LogP contribution in [0, 0.1) is 0 Å². The molecule has 0 saturated heterocycles. The standard InChI is InChI=1S/C15H16N2O3/c16-12-8-4-7-11(14(12)19)15(20)17-13(9-18)10-5-2-1-3-6-10/h1-8,13,18-19H,9,16H2,(H,17,20). The Bertz CT molecular complexity index is 599. The zero-order valence-corrected chi connectivity index (χ0v) is 10.8. The summed E-state index contributed by atoms with van der Waals surface area (Å²) < 4.78 is 0. The molecule has 0 saturated carbocycles. The first-order chi connectivity index (χ1) is 9.63. The van der Waals surface area contributed by atoms with E-state index in [4.69, 9.17) is 5.73 Å². The van der Waals surface area contributed by atoms with E-state index >= 15 is 0 Å². The summed E-state index contributed by atoms with van der Waals surface area (Å²) in [6.45, 7) is -0.237. The Morgan fingerprint density at radius 2 is 1.85 bits per heavy atom. The van der Waals surface area contributed by atoms with Crippen molar-refractivity contribution in [2.45, 2.75) is 6.04 Å². The topological polar surface area (TPSA) is 95.6 Å². The molecule has 5 heteroatoms. The van der Waals surface area contributed by atoms with Crippen molar-refractivity contribution in [3.63, 3.8) is 0 Å². The maximum absolute atomic E-state index is 12.1. The van der Waals surface area contributed by atoms with E-state index in [1.807, 2.05) is 18.2 Å². The number of anilines is 1. The van der Waals surface area contributed by atoms with Crippen molar-refractivity contribution in [3.05, 3.63) is 59.7 Å². The number of nitrogens with two attached hydrogens (primary N) is 1. The van der Waals surface area contributed by atoms with Crippen molar-refractivity contribution in [2.24, 2.45) is 0 Å². The van der Waals surface area contributed by atoms with Gasteiger partial charge < -0.3 is 21.3 Å². The fourth-order valence-electron chi connectivity index (χ4n) is 1.90. The van der Waals surface area contributed by atoms with Crippen LogP contribution in [0.4, 0.5) is 5.69 Å². The quantitative estimate of drug-likeness (QED) is 0.500. The van der Waals surface area contributed by atoms with Gasteiger partial charge in [0.1, 0.15) is 0 Å². The Kier molecular flexibility index (Phi) is 4.22. The number of rotatable bonds is 4. The Morgan fingerprint density at radius 1 is 1.15 bits per heavy atom. The molecule has 2 aromatic rings. The highest BCUT2D eigenvalue weighted by Crippen LogP contribution is 2.25. The van der Waals surface area contributed by atoms with Gasteiger partial charge in [-0.3, -0.25) is 4.79 Å². The van der Waals surface area contributed by atoms with Crippen LogP contribution in [0.3, 0.4) is 0 Å². The first-order valence-electron chi connectivity index (χ1n) is 6.17. The lowest BCUT2D eigenvalue weighted by atomic mass is 10.1. The van der Waals surface area contributed by atoms with Crippen LogP contribution in [0.1, 0.15) is 22.0 Å². The van der Waals surface area contributed by atoms with Crippen molar-refractivity contribution in [1.82, 2.24) is 5.32 Å². The monoisotopic (exact) mass is 272 g/mol. The van der Waals surface area contributed by atoms with Gasteiger partial charge >= 0.3 is 0 Å². The number of amides is 1. The zero-order valence-electron chi connectivity index (χ0n) is 10.8. The lowest BCUT2D eigenvalue weighted by molar-refractivity contribution is 0.0913. The molecule has 1 unspecified atom stereocenters. The lowest BCUT2D eigenvalue weighted by Gasteiger charge is -2.17. The number of hydrogen-bond donors (Lipinski definition) is 4. The molecule has 5 nitrogen and oxygen atoms in total. The van der Waals surface area contributed by atoms with Gasteiger partial charge in [0, 0.05) is 0 Å². The summed E-state index contributed by atoms with van der Waals surface area (Å²) in [6.07, 6.45) is 0. The highest BCUT2D eigenvalue weighted by atomic mass is 16.3. The van der Waals surface area contributed by atoms with Crippen LogP contribution in [0.2, 0.25) is 0 Å². The average Bonchev–Trinajstić information content (AvgIpc) is 2.48. The largest absolute Gasteiger partial charge is 0.505 e. The van der Waals surface area contributed by atoms with Gasteiger partial charge in [0.25, 0.3) is 5.91 Å². The molecule has 0 aromatic heterocycles. The summed E-state index contributed by atoms with van der Waals surface area (Å²) in [5.74, 6) is -0.743. The Morgan fingerprint density at radius 3 is 2.50 bits per heavy atom. The number of nitrogens with one attached hydrogen (secondary N) is 1. The first kappa shape index (κ1) is 13.9. The van der Waals surface area contributed by atoms with Crippen LogP contribution in [0.25, 0.3) is 0 Å². The fourth-order valence-corrected chi connectivity index (χ4v) is 1.90. The van der Waals surface area contributed by atoms with Gasteiger partial charge in [-0.05, 0) is 17.7 Å². The number of para-hydroxylation sites is 1. The van der Waals surface area contributed by atoms with Gasteiger partial charge in [0.2, 0.25) is 0 Å². The minimum absolute atomic E-state index is 0.0828. The van der Waals surface area contributed by atoms with E-state index in [9.17, 15) is 15.0 Å². The number of phenols is 1. The number of carbonyl (C=O) groups excluding carboxylic acids is 1. The number of aliphatic hydroxyl groups is 1. The molecular formula is C15H16N2O3. The van der Waals surface area contributed by atoms with Gasteiger partial charge in [-0.1, -0.05) is 36.4 Å². The molecule has 2 rings (SSSR count). The van der Waals surface area contributed by atoms with E-state index in [1.165, 1.54) is 12.1 Å². The first-order valence-corrected chi connectivity index (χ1v) is 6.17. The molecule has 0 radical (unpaired) electrons. The molecule has 1 atom stereocenters. The van der Waals surface area contributed by atoms with Crippen LogP contribution in [-0.2, 0) is 0 Å². The number of nitrogen functional groups attached to an aromatic ring is 1. The summed E-state index contributed by atoms with van der Waals surface area (Å²) in [5, 5.41) is 21.8. The van der Waals surface area contributed by atoms with E-state index in [2.05, 4.69) is 5.32 Å². The lowest BCUT2D eigenvalue weighted by Crippen LogP contribution is -2.30. The van der Waals surface area contributed by atoms with Crippen LogP contribution in [0.15, 0.2) is 48.5 Å². The van der Waals surface area contributed by atoms with Crippen molar-refractivity contribution in [2.75, 3.05) is 12.3 Å². The molecule has 0 fully saturated rings. The molecule has 0 spiro atoms.